The van der Waals surface area contributed by atoms with Gasteiger partial charge in [0.1, 0.15) is 5.75 Å². The highest BCUT2D eigenvalue weighted by Gasteiger charge is 2.42. The van der Waals surface area contributed by atoms with E-state index in [0.717, 1.165) is 17.7 Å². The first kappa shape index (κ1) is 15.8. The lowest BCUT2D eigenvalue weighted by Crippen LogP contribution is -2.48. The van der Waals surface area contributed by atoms with E-state index in [1.54, 1.807) is 0 Å². The molecule has 1 aliphatic rings. The maximum Gasteiger partial charge on any atom is 0.306 e. The molecule has 0 spiro atoms. The topological polar surface area (TPSA) is 70.8 Å². The monoisotopic (exact) mass is 293 g/mol. The normalized spacial score (nSPS) is 16.1. The molecule has 2 rings (SSSR count). The molecule has 5 heteroatoms. The Hall–Kier alpha value is -1.59. The molecule has 0 aliphatic carbocycles. The van der Waals surface area contributed by atoms with Gasteiger partial charge in [-0.2, -0.15) is 0 Å². The molecule has 0 aromatic heterocycles. The lowest BCUT2D eigenvalue weighted by atomic mass is 9.76. The van der Waals surface area contributed by atoms with E-state index < -0.39 is 0 Å². The summed E-state index contributed by atoms with van der Waals surface area (Å²) in [6.45, 7) is 4.57. The van der Waals surface area contributed by atoms with Crippen molar-refractivity contribution in [2.75, 3.05) is 33.0 Å². The van der Waals surface area contributed by atoms with Crippen LogP contribution in [-0.4, -0.2) is 38.9 Å². The van der Waals surface area contributed by atoms with Gasteiger partial charge in [-0.3, -0.25) is 4.79 Å². The average molecular weight is 293 g/mol. The number of ether oxygens (including phenoxy) is 3. The summed E-state index contributed by atoms with van der Waals surface area (Å²) in [6.07, 6.45) is 1.19. The third-order valence-electron chi connectivity index (χ3n) is 3.63. The Morgan fingerprint density at radius 1 is 1.33 bits per heavy atom. The van der Waals surface area contributed by atoms with Crippen molar-refractivity contribution >= 4 is 5.97 Å². The zero-order valence-electron chi connectivity index (χ0n) is 12.5. The number of hydrogen-bond acceptors (Lipinski definition) is 5. The quantitative estimate of drug-likeness (QED) is 0.583. The molecule has 0 saturated carbocycles. The van der Waals surface area contributed by atoms with Crippen LogP contribution in [0.15, 0.2) is 24.3 Å². The number of carbonyl (C=O) groups is 1. The molecule has 1 aromatic rings. The number of nitrogens with two attached hydrogens (primary N) is 1. The second-order valence-electron chi connectivity index (χ2n) is 5.27. The molecule has 21 heavy (non-hydrogen) atoms. The fourth-order valence-corrected chi connectivity index (χ4v) is 2.39. The summed E-state index contributed by atoms with van der Waals surface area (Å²) in [5.41, 5.74) is 6.28. The van der Waals surface area contributed by atoms with E-state index in [0.29, 0.717) is 39.4 Å². The fraction of sp³-hybridized carbons (Fsp3) is 0.562. The molecule has 0 unspecified atom stereocenters. The van der Waals surface area contributed by atoms with E-state index >= 15 is 0 Å². The number of hydrogen-bond donors (Lipinski definition) is 1. The Morgan fingerprint density at radius 3 is 2.57 bits per heavy atom. The number of rotatable bonds is 8. The van der Waals surface area contributed by atoms with Crippen LogP contribution in [0.3, 0.4) is 0 Å². The first-order chi connectivity index (χ1) is 10.2. The van der Waals surface area contributed by atoms with E-state index in [1.807, 2.05) is 31.2 Å². The molecule has 0 amide bonds. The zero-order valence-corrected chi connectivity index (χ0v) is 12.5. The van der Waals surface area contributed by atoms with E-state index in [9.17, 15) is 4.79 Å². The van der Waals surface area contributed by atoms with Crippen LogP contribution in [0.2, 0.25) is 0 Å². The molecule has 0 atom stereocenters. The Bertz CT molecular complexity index is 454. The molecule has 0 bridgehead atoms. The Kier molecular flexibility index (Phi) is 5.59. The largest absolute Gasteiger partial charge is 0.494 e. The van der Waals surface area contributed by atoms with Crippen molar-refractivity contribution in [3.63, 3.8) is 0 Å². The van der Waals surface area contributed by atoms with E-state index in [4.69, 9.17) is 19.9 Å². The Morgan fingerprint density at radius 2 is 2.05 bits per heavy atom. The van der Waals surface area contributed by atoms with Crippen LogP contribution in [0.4, 0.5) is 0 Å². The molecule has 116 valence electrons. The zero-order chi connectivity index (χ0) is 15.1. The molecule has 2 N–H and O–H groups in total. The third-order valence-corrected chi connectivity index (χ3v) is 3.63. The van der Waals surface area contributed by atoms with Crippen LogP contribution in [-0.2, 0) is 19.7 Å². The van der Waals surface area contributed by atoms with E-state index in [1.165, 1.54) is 0 Å². The number of esters is 1. The standard InChI is InChI=1S/C16H23NO4/c1-2-20-15(18)10-16(11-19-12-16)13-4-6-14(7-5-13)21-9-3-8-17/h4-7H,2-3,8-12,17H2,1H3. The van der Waals surface area contributed by atoms with Crippen LogP contribution in [0.5, 0.6) is 5.75 Å². The SMILES string of the molecule is CCOC(=O)CC1(c2ccc(OCCCN)cc2)COC1. The predicted octanol–water partition coefficient (Wildman–Crippen LogP) is 1.64. The fourth-order valence-electron chi connectivity index (χ4n) is 2.39. The molecule has 1 fully saturated rings. The van der Waals surface area contributed by atoms with Crippen molar-refractivity contribution in [3.8, 4) is 5.75 Å². The summed E-state index contributed by atoms with van der Waals surface area (Å²) in [5.74, 6) is 0.641. The van der Waals surface area contributed by atoms with Gasteiger partial charge in [0.2, 0.25) is 0 Å². The maximum absolute atomic E-state index is 11.8. The minimum Gasteiger partial charge on any atom is -0.494 e. The molecule has 1 saturated heterocycles. The highest BCUT2D eigenvalue weighted by molar-refractivity contribution is 5.72. The average Bonchev–Trinajstić information content (AvgIpc) is 2.44. The summed E-state index contributed by atoms with van der Waals surface area (Å²) < 4.78 is 16.0. The van der Waals surface area contributed by atoms with Gasteiger partial charge < -0.3 is 19.9 Å². The summed E-state index contributed by atoms with van der Waals surface area (Å²) in [5, 5.41) is 0. The highest BCUT2D eigenvalue weighted by Crippen LogP contribution is 2.36. The van der Waals surface area contributed by atoms with Crippen LogP contribution in [0, 0.1) is 0 Å². The van der Waals surface area contributed by atoms with Gasteiger partial charge >= 0.3 is 5.97 Å². The molecule has 5 nitrogen and oxygen atoms in total. The van der Waals surface area contributed by atoms with Gasteiger partial charge in [0.25, 0.3) is 0 Å². The molecule has 1 aromatic carbocycles. The highest BCUT2D eigenvalue weighted by atomic mass is 16.5. The van der Waals surface area contributed by atoms with Crippen LogP contribution >= 0.6 is 0 Å². The van der Waals surface area contributed by atoms with Crippen LogP contribution < -0.4 is 10.5 Å². The maximum atomic E-state index is 11.8. The molecular formula is C16H23NO4. The van der Waals surface area contributed by atoms with Gasteiger partial charge in [-0.15, -0.1) is 0 Å². The van der Waals surface area contributed by atoms with Gasteiger partial charge in [-0.1, -0.05) is 12.1 Å². The Labute approximate surface area is 125 Å². The first-order valence-electron chi connectivity index (χ1n) is 7.37. The van der Waals surface area contributed by atoms with Crippen molar-refractivity contribution in [3.05, 3.63) is 29.8 Å². The molecule has 1 heterocycles. The lowest BCUT2D eigenvalue weighted by Gasteiger charge is -2.41. The number of carbonyl (C=O) groups excluding carboxylic acids is 1. The summed E-state index contributed by atoms with van der Waals surface area (Å²) in [7, 11) is 0. The third kappa shape index (κ3) is 3.95. The van der Waals surface area contributed by atoms with E-state index in [2.05, 4.69) is 0 Å². The summed E-state index contributed by atoms with van der Waals surface area (Å²) in [4.78, 5) is 11.8. The van der Waals surface area contributed by atoms with Crippen molar-refractivity contribution in [1.29, 1.82) is 0 Å². The van der Waals surface area contributed by atoms with Gasteiger partial charge in [-0.05, 0) is 37.6 Å². The predicted molar refractivity (Wildman–Crippen MR) is 79.4 cm³/mol. The van der Waals surface area contributed by atoms with Gasteiger partial charge in [-0.25, -0.2) is 0 Å². The minimum absolute atomic E-state index is 0.177. The minimum atomic E-state index is -0.248. The van der Waals surface area contributed by atoms with Crippen molar-refractivity contribution in [2.45, 2.75) is 25.2 Å². The molecule has 1 aliphatic heterocycles. The van der Waals surface area contributed by atoms with Crippen LogP contribution in [0.1, 0.15) is 25.3 Å². The van der Waals surface area contributed by atoms with Crippen LogP contribution in [0.25, 0.3) is 0 Å². The smallest absolute Gasteiger partial charge is 0.306 e. The summed E-state index contributed by atoms with van der Waals surface area (Å²) >= 11 is 0. The Balaban J connectivity index is 2.00. The summed E-state index contributed by atoms with van der Waals surface area (Å²) in [6, 6.07) is 7.85. The van der Waals surface area contributed by atoms with E-state index in [-0.39, 0.29) is 11.4 Å². The van der Waals surface area contributed by atoms with Gasteiger partial charge in [0.15, 0.2) is 0 Å². The van der Waals surface area contributed by atoms with Crippen molar-refractivity contribution in [1.82, 2.24) is 0 Å². The van der Waals surface area contributed by atoms with Crippen molar-refractivity contribution < 1.29 is 19.0 Å². The molecule has 0 radical (unpaired) electrons. The van der Waals surface area contributed by atoms with Gasteiger partial charge in [0.05, 0.1) is 38.3 Å². The lowest BCUT2D eigenvalue weighted by molar-refractivity contribution is -0.151. The van der Waals surface area contributed by atoms with Gasteiger partial charge in [0, 0.05) is 0 Å². The molecular weight excluding hydrogens is 270 g/mol. The first-order valence-corrected chi connectivity index (χ1v) is 7.37. The second kappa shape index (κ2) is 7.43. The number of benzene rings is 1. The second-order valence-corrected chi connectivity index (χ2v) is 5.27. The van der Waals surface area contributed by atoms with Crippen molar-refractivity contribution in [2.24, 2.45) is 5.73 Å².